The van der Waals surface area contributed by atoms with Gasteiger partial charge in [0.15, 0.2) is 0 Å². The summed E-state index contributed by atoms with van der Waals surface area (Å²) in [6, 6.07) is 8.19. The third-order valence-corrected chi connectivity index (χ3v) is 4.22. The number of amides is 1. The van der Waals surface area contributed by atoms with Gasteiger partial charge in [0.25, 0.3) is 5.91 Å². The van der Waals surface area contributed by atoms with E-state index in [0.717, 1.165) is 10.6 Å². The predicted octanol–water partition coefficient (Wildman–Crippen LogP) is 1.52. The van der Waals surface area contributed by atoms with E-state index >= 15 is 0 Å². The van der Waals surface area contributed by atoms with Crippen molar-refractivity contribution in [1.29, 1.82) is 0 Å². The minimum absolute atomic E-state index is 0.306. The minimum atomic E-state index is -1.04. The highest BCUT2D eigenvalue weighted by molar-refractivity contribution is 7.09. The molecular formula is C16H20N2O3S. The van der Waals surface area contributed by atoms with Crippen molar-refractivity contribution >= 4 is 17.2 Å². The molecule has 5 nitrogen and oxygen atoms in total. The Hall–Kier alpha value is -1.76. The number of carbonyl (C=O) groups is 1. The first-order chi connectivity index (χ1) is 10.5. The SMILES string of the molecule is Cc1ccc(Cc2nc(C(=O)NC(C)(CO)CO)cs2)cc1. The summed E-state index contributed by atoms with van der Waals surface area (Å²) in [7, 11) is 0. The normalized spacial score (nSPS) is 11.5. The van der Waals surface area contributed by atoms with Crippen molar-refractivity contribution in [3.63, 3.8) is 0 Å². The Bertz CT molecular complexity index is 633. The van der Waals surface area contributed by atoms with Crippen LogP contribution in [0, 0.1) is 6.92 Å². The molecule has 0 aliphatic heterocycles. The maximum absolute atomic E-state index is 12.1. The van der Waals surface area contributed by atoms with E-state index in [1.165, 1.54) is 16.9 Å². The molecule has 0 fully saturated rings. The number of hydrogen-bond donors (Lipinski definition) is 3. The summed E-state index contributed by atoms with van der Waals surface area (Å²) in [6.07, 6.45) is 0.676. The Balaban J connectivity index is 2.04. The third kappa shape index (κ3) is 4.13. The number of benzene rings is 1. The number of rotatable bonds is 6. The van der Waals surface area contributed by atoms with Gasteiger partial charge >= 0.3 is 0 Å². The van der Waals surface area contributed by atoms with Crippen molar-refractivity contribution in [2.45, 2.75) is 25.8 Å². The van der Waals surface area contributed by atoms with Gasteiger partial charge in [-0.15, -0.1) is 11.3 Å². The molecule has 2 aromatic rings. The molecular weight excluding hydrogens is 300 g/mol. The number of nitrogens with one attached hydrogen (secondary N) is 1. The molecule has 1 aromatic carbocycles. The van der Waals surface area contributed by atoms with Crippen molar-refractivity contribution in [2.24, 2.45) is 0 Å². The molecule has 22 heavy (non-hydrogen) atoms. The van der Waals surface area contributed by atoms with E-state index in [0.29, 0.717) is 12.1 Å². The van der Waals surface area contributed by atoms with Crippen LogP contribution >= 0.6 is 11.3 Å². The van der Waals surface area contributed by atoms with Crippen LogP contribution in [0.25, 0.3) is 0 Å². The Labute approximate surface area is 133 Å². The lowest BCUT2D eigenvalue weighted by Crippen LogP contribution is -2.51. The smallest absolute Gasteiger partial charge is 0.271 e. The van der Waals surface area contributed by atoms with Crippen molar-refractivity contribution in [1.82, 2.24) is 10.3 Å². The number of thiazole rings is 1. The van der Waals surface area contributed by atoms with E-state index in [-0.39, 0.29) is 13.2 Å². The molecule has 6 heteroatoms. The summed E-state index contributed by atoms with van der Waals surface area (Å²) in [5.74, 6) is -0.392. The second kappa shape index (κ2) is 7.00. The molecule has 0 saturated carbocycles. The standard InChI is InChI=1S/C16H20N2O3S/c1-11-3-5-12(6-4-11)7-14-17-13(8-22-14)15(21)18-16(2,9-19)10-20/h3-6,8,19-20H,7,9-10H2,1-2H3,(H,18,21). The molecule has 1 aromatic heterocycles. The number of hydrogen-bond acceptors (Lipinski definition) is 5. The van der Waals surface area contributed by atoms with Gasteiger partial charge in [-0.05, 0) is 19.4 Å². The second-order valence-electron chi connectivity index (χ2n) is 5.62. The molecule has 0 aliphatic rings. The maximum atomic E-state index is 12.1. The van der Waals surface area contributed by atoms with E-state index in [1.807, 2.05) is 31.2 Å². The van der Waals surface area contributed by atoms with Crippen molar-refractivity contribution in [2.75, 3.05) is 13.2 Å². The van der Waals surface area contributed by atoms with Crippen LogP contribution in [0.15, 0.2) is 29.6 Å². The van der Waals surface area contributed by atoms with Gasteiger partial charge in [0.2, 0.25) is 0 Å². The fourth-order valence-electron chi connectivity index (χ4n) is 1.84. The summed E-state index contributed by atoms with van der Waals surface area (Å²) < 4.78 is 0. The average molecular weight is 320 g/mol. The van der Waals surface area contributed by atoms with Gasteiger partial charge in [0, 0.05) is 11.8 Å². The molecule has 3 N–H and O–H groups in total. The molecule has 0 bridgehead atoms. The minimum Gasteiger partial charge on any atom is -0.394 e. The van der Waals surface area contributed by atoms with Crippen LogP contribution in [-0.4, -0.2) is 39.9 Å². The van der Waals surface area contributed by atoms with Gasteiger partial charge in [-0.2, -0.15) is 0 Å². The van der Waals surface area contributed by atoms with E-state index in [4.69, 9.17) is 0 Å². The lowest BCUT2D eigenvalue weighted by molar-refractivity contribution is 0.0720. The molecule has 2 rings (SSSR count). The lowest BCUT2D eigenvalue weighted by Gasteiger charge is -2.25. The molecule has 0 aliphatic carbocycles. The first-order valence-electron chi connectivity index (χ1n) is 7.00. The zero-order valence-electron chi connectivity index (χ0n) is 12.7. The van der Waals surface area contributed by atoms with Gasteiger partial charge in [0.1, 0.15) is 5.69 Å². The van der Waals surface area contributed by atoms with Gasteiger partial charge in [0.05, 0.1) is 23.8 Å². The fraction of sp³-hybridized carbons (Fsp3) is 0.375. The van der Waals surface area contributed by atoms with Gasteiger partial charge in [-0.3, -0.25) is 4.79 Å². The molecule has 0 saturated heterocycles. The Morgan fingerprint density at radius 3 is 2.50 bits per heavy atom. The van der Waals surface area contributed by atoms with Crippen LogP contribution in [0.4, 0.5) is 0 Å². The van der Waals surface area contributed by atoms with Gasteiger partial charge in [-0.25, -0.2) is 4.98 Å². The van der Waals surface area contributed by atoms with E-state index in [1.54, 1.807) is 12.3 Å². The van der Waals surface area contributed by atoms with Crippen LogP contribution in [0.2, 0.25) is 0 Å². The van der Waals surface area contributed by atoms with E-state index in [9.17, 15) is 15.0 Å². The molecule has 1 amide bonds. The van der Waals surface area contributed by atoms with Crippen LogP contribution < -0.4 is 5.32 Å². The highest BCUT2D eigenvalue weighted by Crippen LogP contribution is 2.16. The Kier molecular flexibility index (Phi) is 5.28. The number of aromatic nitrogens is 1. The van der Waals surface area contributed by atoms with Crippen LogP contribution in [0.3, 0.4) is 0 Å². The molecule has 0 unspecified atom stereocenters. The molecule has 118 valence electrons. The first-order valence-corrected chi connectivity index (χ1v) is 7.88. The van der Waals surface area contributed by atoms with E-state index < -0.39 is 11.4 Å². The summed E-state index contributed by atoms with van der Waals surface area (Å²) in [4.78, 5) is 16.4. The zero-order chi connectivity index (χ0) is 16.2. The number of carbonyl (C=O) groups excluding carboxylic acids is 1. The number of aliphatic hydroxyl groups excluding tert-OH is 2. The van der Waals surface area contributed by atoms with Gasteiger partial charge in [-0.1, -0.05) is 29.8 Å². The molecule has 0 radical (unpaired) electrons. The molecule has 0 atom stereocenters. The zero-order valence-corrected chi connectivity index (χ0v) is 13.5. The first kappa shape index (κ1) is 16.6. The second-order valence-corrected chi connectivity index (χ2v) is 6.56. The average Bonchev–Trinajstić information content (AvgIpc) is 2.98. The summed E-state index contributed by atoms with van der Waals surface area (Å²) in [5, 5.41) is 23.6. The maximum Gasteiger partial charge on any atom is 0.271 e. The number of aliphatic hydroxyl groups is 2. The Morgan fingerprint density at radius 1 is 1.27 bits per heavy atom. The van der Waals surface area contributed by atoms with Crippen molar-refractivity contribution in [3.8, 4) is 0 Å². The van der Waals surface area contributed by atoms with Gasteiger partial charge < -0.3 is 15.5 Å². The van der Waals surface area contributed by atoms with Crippen molar-refractivity contribution in [3.05, 3.63) is 51.5 Å². The summed E-state index contributed by atoms with van der Waals surface area (Å²) in [6.45, 7) is 2.94. The molecule has 0 spiro atoms. The largest absolute Gasteiger partial charge is 0.394 e. The van der Waals surface area contributed by atoms with Crippen LogP contribution in [-0.2, 0) is 6.42 Å². The fourth-order valence-corrected chi connectivity index (χ4v) is 2.65. The van der Waals surface area contributed by atoms with Crippen LogP contribution in [0.5, 0.6) is 0 Å². The topological polar surface area (TPSA) is 82.5 Å². The summed E-state index contributed by atoms with van der Waals surface area (Å²) >= 11 is 1.42. The Morgan fingerprint density at radius 2 is 1.91 bits per heavy atom. The molecule has 1 heterocycles. The number of aryl methyl sites for hydroxylation is 1. The third-order valence-electron chi connectivity index (χ3n) is 3.37. The van der Waals surface area contributed by atoms with Crippen LogP contribution in [0.1, 0.15) is 33.5 Å². The number of nitrogens with zero attached hydrogens (tertiary/aromatic N) is 1. The van der Waals surface area contributed by atoms with Crippen molar-refractivity contribution < 1.29 is 15.0 Å². The quantitative estimate of drug-likeness (QED) is 0.753. The predicted molar refractivity (Wildman–Crippen MR) is 86.1 cm³/mol. The summed E-state index contributed by atoms with van der Waals surface area (Å²) in [5.41, 5.74) is 1.61. The highest BCUT2D eigenvalue weighted by Gasteiger charge is 2.26. The van der Waals surface area contributed by atoms with E-state index in [2.05, 4.69) is 10.3 Å². The lowest BCUT2D eigenvalue weighted by atomic mass is 10.1. The monoisotopic (exact) mass is 320 g/mol. The highest BCUT2D eigenvalue weighted by atomic mass is 32.1.